The Morgan fingerprint density at radius 2 is 1.82 bits per heavy atom. The van der Waals surface area contributed by atoms with E-state index in [0.29, 0.717) is 6.42 Å². The predicted molar refractivity (Wildman–Crippen MR) is 70.8 cm³/mol. The first-order valence-electron chi connectivity index (χ1n) is 4.75. The van der Waals surface area contributed by atoms with Crippen molar-refractivity contribution in [2.75, 3.05) is 6.61 Å². The maximum Gasteiger partial charge on any atom is 0.294 e. The SMILES string of the molecule is C=C(Br)CCO.Cc1ccc(S(=O)(=O)O)cc1. The Morgan fingerprint density at radius 3 is 2.06 bits per heavy atom. The maximum absolute atomic E-state index is 10.5. The molecule has 0 spiro atoms. The van der Waals surface area contributed by atoms with Crippen LogP contribution in [0.1, 0.15) is 12.0 Å². The molecule has 96 valence electrons. The smallest absolute Gasteiger partial charge is 0.294 e. The predicted octanol–water partition coefficient (Wildman–Crippen LogP) is 2.52. The molecular weight excluding hydrogens is 308 g/mol. The molecule has 0 radical (unpaired) electrons. The number of aryl methyl sites for hydroxylation is 1. The van der Waals surface area contributed by atoms with E-state index in [1.807, 2.05) is 6.92 Å². The van der Waals surface area contributed by atoms with Crippen LogP contribution in [0.2, 0.25) is 0 Å². The normalized spacial score (nSPS) is 10.4. The van der Waals surface area contributed by atoms with Gasteiger partial charge in [-0.25, -0.2) is 0 Å². The van der Waals surface area contributed by atoms with Crippen molar-refractivity contribution in [3.05, 3.63) is 40.9 Å². The molecule has 0 unspecified atom stereocenters. The summed E-state index contributed by atoms with van der Waals surface area (Å²) in [6, 6.07) is 5.99. The number of aliphatic hydroxyl groups is 1. The molecule has 4 nitrogen and oxygen atoms in total. The molecule has 2 N–H and O–H groups in total. The molecule has 0 bridgehead atoms. The molecule has 17 heavy (non-hydrogen) atoms. The van der Waals surface area contributed by atoms with Crippen LogP contribution < -0.4 is 0 Å². The van der Waals surface area contributed by atoms with Gasteiger partial charge in [0.15, 0.2) is 0 Å². The lowest BCUT2D eigenvalue weighted by atomic mass is 10.2. The van der Waals surface area contributed by atoms with E-state index in [2.05, 4.69) is 22.5 Å². The van der Waals surface area contributed by atoms with Crippen molar-refractivity contribution >= 4 is 26.0 Å². The van der Waals surface area contributed by atoms with Crippen LogP contribution in [0.4, 0.5) is 0 Å². The fraction of sp³-hybridized carbons (Fsp3) is 0.273. The van der Waals surface area contributed by atoms with Crippen LogP contribution in [-0.4, -0.2) is 24.7 Å². The minimum atomic E-state index is -4.02. The molecule has 0 amide bonds. The standard InChI is InChI=1S/C7H8O3S.C4H7BrO/c1-6-2-4-7(5-3-6)11(8,9)10;1-4(5)2-3-6/h2-5H,1H3,(H,8,9,10);6H,1-3H2. The fourth-order valence-corrected chi connectivity index (χ4v) is 1.49. The van der Waals surface area contributed by atoms with Gasteiger partial charge in [-0.2, -0.15) is 8.42 Å². The second-order valence-electron chi connectivity index (χ2n) is 3.28. The third-order valence-corrected chi connectivity index (χ3v) is 2.97. The quantitative estimate of drug-likeness (QED) is 0.838. The summed E-state index contributed by atoms with van der Waals surface area (Å²) in [6.45, 7) is 5.53. The molecule has 0 aliphatic carbocycles. The summed E-state index contributed by atoms with van der Waals surface area (Å²) in [5, 5.41) is 8.15. The molecule has 1 rings (SSSR count). The van der Waals surface area contributed by atoms with E-state index in [0.717, 1.165) is 10.0 Å². The third-order valence-electron chi connectivity index (χ3n) is 1.70. The van der Waals surface area contributed by atoms with Gasteiger partial charge in [0.1, 0.15) is 0 Å². The molecule has 0 aliphatic rings. The van der Waals surface area contributed by atoms with Gasteiger partial charge in [0.25, 0.3) is 10.1 Å². The van der Waals surface area contributed by atoms with Gasteiger partial charge in [-0.3, -0.25) is 4.55 Å². The lowest BCUT2D eigenvalue weighted by molar-refractivity contribution is 0.302. The van der Waals surface area contributed by atoms with E-state index in [1.165, 1.54) is 12.1 Å². The monoisotopic (exact) mass is 322 g/mol. The molecule has 0 atom stereocenters. The molecule has 1 aromatic carbocycles. The summed E-state index contributed by atoms with van der Waals surface area (Å²) in [6.07, 6.45) is 0.653. The average Bonchev–Trinajstić information content (AvgIpc) is 2.17. The topological polar surface area (TPSA) is 74.6 Å². The molecule has 0 aromatic heterocycles. The van der Waals surface area contributed by atoms with Gasteiger partial charge in [-0.1, -0.05) is 40.2 Å². The van der Waals surface area contributed by atoms with Crippen molar-refractivity contribution < 1.29 is 18.1 Å². The minimum absolute atomic E-state index is 0.0666. The highest BCUT2D eigenvalue weighted by Gasteiger charge is 2.06. The number of benzene rings is 1. The zero-order chi connectivity index (χ0) is 13.5. The molecular formula is C11H15BrO4S. The van der Waals surface area contributed by atoms with Crippen LogP contribution in [0.25, 0.3) is 0 Å². The van der Waals surface area contributed by atoms with Crippen LogP contribution in [0.5, 0.6) is 0 Å². The summed E-state index contributed by atoms with van der Waals surface area (Å²) in [4.78, 5) is -0.0666. The van der Waals surface area contributed by atoms with E-state index in [9.17, 15) is 8.42 Å². The summed E-state index contributed by atoms with van der Waals surface area (Å²) < 4.78 is 30.4. The summed E-state index contributed by atoms with van der Waals surface area (Å²) in [7, 11) is -4.02. The Hall–Kier alpha value is -0.690. The molecule has 6 heteroatoms. The Morgan fingerprint density at radius 1 is 1.35 bits per heavy atom. The van der Waals surface area contributed by atoms with Crippen molar-refractivity contribution in [2.24, 2.45) is 0 Å². The molecule has 0 aliphatic heterocycles. The second kappa shape index (κ2) is 7.60. The first-order chi connectivity index (χ1) is 7.77. The van der Waals surface area contributed by atoms with Crippen LogP contribution >= 0.6 is 15.9 Å². The number of hydrogen-bond acceptors (Lipinski definition) is 3. The van der Waals surface area contributed by atoms with Crippen LogP contribution in [0.3, 0.4) is 0 Å². The van der Waals surface area contributed by atoms with Crippen molar-refractivity contribution in [1.29, 1.82) is 0 Å². The van der Waals surface area contributed by atoms with Crippen molar-refractivity contribution in [1.82, 2.24) is 0 Å². The highest BCUT2D eigenvalue weighted by Crippen LogP contribution is 2.08. The van der Waals surface area contributed by atoms with Gasteiger partial charge >= 0.3 is 0 Å². The van der Waals surface area contributed by atoms with Crippen LogP contribution in [0, 0.1) is 6.92 Å². The van der Waals surface area contributed by atoms with Crippen molar-refractivity contribution in [3.63, 3.8) is 0 Å². The zero-order valence-corrected chi connectivity index (χ0v) is 11.8. The van der Waals surface area contributed by atoms with Crippen LogP contribution in [-0.2, 0) is 10.1 Å². The van der Waals surface area contributed by atoms with Gasteiger partial charge in [0, 0.05) is 13.0 Å². The second-order valence-corrected chi connectivity index (χ2v) is 5.82. The van der Waals surface area contributed by atoms with Gasteiger partial charge in [-0.05, 0) is 23.5 Å². The summed E-state index contributed by atoms with van der Waals surface area (Å²) >= 11 is 3.08. The average molecular weight is 323 g/mol. The third kappa shape index (κ3) is 8.09. The molecule has 0 heterocycles. The van der Waals surface area contributed by atoms with Crippen molar-refractivity contribution in [2.45, 2.75) is 18.2 Å². The van der Waals surface area contributed by atoms with Crippen molar-refractivity contribution in [3.8, 4) is 0 Å². The van der Waals surface area contributed by atoms with E-state index in [1.54, 1.807) is 12.1 Å². The largest absolute Gasteiger partial charge is 0.396 e. The van der Waals surface area contributed by atoms with E-state index < -0.39 is 10.1 Å². The molecule has 0 fully saturated rings. The maximum atomic E-state index is 10.5. The summed E-state index contributed by atoms with van der Waals surface area (Å²) in [5.74, 6) is 0. The molecule has 1 aromatic rings. The minimum Gasteiger partial charge on any atom is -0.396 e. The summed E-state index contributed by atoms with van der Waals surface area (Å²) in [5.41, 5.74) is 0.956. The number of halogens is 1. The highest BCUT2D eigenvalue weighted by atomic mass is 79.9. The fourth-order valence-electron chi connectivity index (χ4n) is 0.832. The zero-order valence-electron chi connectivity index (χ0n) is 9.43. The first-order valence-corrected chi connectivity index (χ1v) is 6.99. The molecule has 0 saturated heterocycles. The van der Waals surface area contributed by atoms with Gasteiger partial charge < -0.3 is 5.11 Å². The first kappa shape index (κ1) is 16.3. The lowest BCUT2D eigenvalue weighted by Gasteiger charge is -1.95. The molecule has 0 saturated carbocycles. The van der Waals surface area contributed by atoms with Gasteiger partial charge in [-0.15, -0.1) is 0 Å². The van der Waals surface area contributed by atoms with Crippen LogP contribution in [0.15, 0.2) is 40.2 Å². The van der Waals surface area contributed by atoms with Gasteiger partial charge in [0.05, 0.1) is 4.90 Å². The van der Waals surface area contributed by atoms with E-state index >= 15 is 0 Å². The highest BCUT2D eigenvalue weighted by molar-refractivity contribution is 9.11. The van der Waals surface area contributed by atoms with E-state index in [4.69, 9.17) is 9.66 Å². The Kier molecular flexibility index (Phi) is 7.29. The number of aliphatic hydroxyl groups excluding tert-OH is 1. The lowest BCUT2D eigenvalue weighted by Crippen LogP contribution is -1.96. The van der Waals surface area contributed by atoms with E-state index in [-0.39, 0.29) is 11.5 Å². The Labute approximate surface area is 110 Å². The Balaban J connectivity index is 0.000000366. The number of rotatable bonds is 3. The Bertz CT molecular complexity index is 451. The van der Waals surface area contributed by atoms with Gasteiger partial charge in [0.2, 0.25) is 0 Å². The number of hydrogen-bond donors (Lipinski definition) is 2.